The fourth-order valence-corrected chi connectivity index (χ4v) is 2.08. The van der Waals surface area contributed by atoms with Gasteiger partial charge < -0.3 is 19.7 Å². The molecule has 2 aromatic carbocycles. The number of ketones is 1. The molecule has 0 atom stereocenters. The number of aromatic hydroxyl groups is 2. The molecule has 0 saturated heterocycles. The molecular formula is C18H18O5. The number of benzene rings is 2. The van der Waals surface area contributed by atoms with Crippen molar-refractivity contribution in [1.29, 1.82) is 0 Å². The van der Waals surface area contributed by atoms with Gasteiger partial charge in [-0.2, -0.15) is 0 Å². The fourth-order valence-electron chi connectivity index (χ4n) is 2.08. The van der Waals surface area contributed by atoms with Crippen LogP contribution in [0.2, 0.25) is 0 Å². The van der Waals surface area contributed by atoms with Crippen LogP contribution in [0, 0.1) is 0 Å². The van der Waals surface area contributed by atoms with Crippen molar-refractivity contribution in [2.24, 2.45) is 0 Å². The van der Waals surface area contributed by atoms with Crippen LogP contribution in [0.15, 0.2) is 42.5 Å². The molecule has 0 unspecified atom stereocenters. The first-order chi connectivity index (χ1) is 11.0. The summed E-state index contributed by atoms with van der Waals surface area (Å²) in [7, 11) is 1.42. The van der Waals surface area contributed by atoms with E-state index in [0.717, 1.165) is 5.56 Å². The molecule has 5 heteroatoms. The van der Waals surface area contributed by atoms with Gasteiger partial charge in [0.2, 0.25) is 0 Å². The van der Waals surface area contributed by atoms with E-state index >= 15 is 0 Å². The summed E-state index contributed by atoms with van der Waals surface area (Å²) in [5, 5.41) is 19.3. The Morgan fingerprint density at radius 3 is 2.48 bits per heavy atom. The van der Waals surface area contributed by atoms with E-state index in [2.05, 4.69) is 0 Å². The van der Waals surface area contributed by atoms with Crippen LogP contribution in [-0.2, 0) is 0 Å². The van der Waals surface area contributed by atoms with Gasteiger partial charge in [-0.05, 0) is 30.7 Å². The first kappa shape index (κ1) is 16.4. The van der Waals surface area contributed by atoms with Crippen LogP contribution in [0.5, 0.6) is 23.0 Å². The molecule has 5 nitrogen and oxygen atoms in total. The first-order valence-electron chi connectivity index (χ1n) is 7.10. The molecule has 0 amide bonds. The summed E-state index contributed by atoms with van der Waals surface area (Å²) in [5.74, 6) is 0.234. The van der Waals surface area contributed by atoms with E-state index in [1.165, 1.54) is 31.4 Å². The first-order valence-corrected chi connectivity index (χ1v) is 7.10. The molecule has 0 fully saturated rings. The zero-order valence-corrected chi connectivity index (χ0v) is 12.9. The zero-order chi connectivity index (χ0) is 16.8. The maximum absolute atomic E-state index is 12.3. The number of methoxy groups -OCH3 is 1. The van der Waals surface area contributed by atoms with E-state index in [9.17, 15) is 15.0 Å². The zero-order valence-electron chi connectivity index (χ0n) is 12.9. The molecule has 2 N–H and O–H groups in total. The number of hydrogen-bond donors (Lipinski definition) is 2. The van der Waals surface area contributed by atoms with Gasteiger partial charge in [0, 0.05) is 12.1 Å². The smallest absolute Gasteiger partial charge is 0.193 e. The molecule has 0 aliphatic heterocycles. The third-order valence-electron chi connectivity index (χ3n) is 3.15. The lowest BCUT2D eigenvalue weighted by Crippen LogP contribution is -2.01. The molecule has 0 heterocycles. The van der Waals surface area contributed by atoms with Crippen LogP contribution >= 0.6 is 0 Å². The molecule has 2 rings (SSSR count). The predicted molar refractivity (Wildman–Crippen MR) is 87.3 cm³/mol. The highest BCUT2D eigenvalue weighted by molar-refractivity contribution is 6.10. The molecule has 0 aliphatic carbocycles. The molecule has 23 heavy (non-hydrogen) atoms. The topological polar surface area (TPSA) is 76.0 Å². The van der Waals surface area contributed by atoms with Crippen LogP contribution in [0.4, 0.5) is 0 Å². The van der Waals surface area contributed by atoms with Crippen molar-refractivity contribution in [3.05, 3.63) is 53.6 Å². The Morgan fingerprint density at radius 1 is 1.17 bits per heavy atom. The van der Waals surface area contributed by atoms with Gasteiger partial charge in [-0.3, -0.25) is 4.79 Å². The van der Waals surface area contributed by atoms with Crippen molar-refractivity contribution in [3.63, 3.8) is 0 Å². The van der Waals surface area contributed by atoms with Crippen LogP contribution in [0.1, 0.15) is 22.8 Å². The van der Waals surface area contributed by atoms with E-state index in [1.54, 1.807) is 24.3 Å². The van der Waals surface area contributed by atoms with Crippen LogP contribution in [0.3, 0.4) is 0 Å². The monoisotopic (exact) mass is 314 g/mol. The maximum Gasteiger partial charge on any atom is 0.193 e. The van der Waals surface area contributed by atoms with Crippen LogP contribution < -0.4 is 9.47 Å². The van der Waals surface area contributed by atoms with Gasteiger partial charge in [-0.1, -0.05) is 18.2 Å². The predicted octanol–water partition coefficient (Wildman–Crippen LogP) is 3.40. The lowest BCUT2D eigenvalue weighted by atomic mass is 10.1. The summed E-state index contributed by atoms with van der Waals surface area (Å²) in [6.07, 6.45) is 2.93. The largest absolute Gasteiger partial charge is 0.508 e. The van der Waals surface area contributed by atoms with E-state index in [-0.39, 0.29) is 22.8 Å². The average molecular weight is 314 g/mol. The minimum atomic E-state index is -0.393. The number of phenolic OH excluding ortho intramolecular Hbond substituents is 2. The van der Waals surface area contributed by atoms with Gasteiger partial charge in [0.25, 0.3) is 0 Å². The Labute approximate surface area is 134 Å². The van der Waals surface area contributed by atoms with Gasteiger partial charge in [0.15, 0.2) is 5.78 Å². The molecular weight excluding hydrogens is 296 g/mol. The molecule has 0 saturated carbocycles. The summed E-state index contributed by atoms with van der Waals surface area (Å²) in [6, 6.07) is 9.35. The third kappa shape index (κ3) is 4.03. The second-order valence-electron chi connectivity index (χ2n) is 4.74. The normalized spacial score (nSPS) is 10.7. The van der Waals surface area contributed by atoms with Crippen molar-refractivity contribution in [3.8, 4) is 23.0 Å². The second-order valence-corrected chi connectivity index (χ2v) is 4.74. The Kier molecular flexibility index (Phi) is 5.25. The number of rotatable bonds is 6. The van der Waals surface area contributed by atoms with Crippen LogP contribution in [0.25, 0.3) is 6.08 Å². The Morgan fingerprint density at radius 2 is 1.87 bits per heavy atom. The number of carbonyl (C=O) groups excluding carboxylic acids is 1. The summed E-state index contributed by atoms with van der Waals surface area (Å²) in [6.45, 7) is 2.26. The van der Waals surface area contributed by atoms with E-state index in [0.29, 0.717) is 12.4 Å². The maximum atomic E-state index is 12.3. The average Bonchev–Trinajstić information content (AvgIpc) is 2.53. The summed E-state index contributed by atoms with van der Waals surface area (Å²) >= 11 is 0. The standard InChI is InChI=1S/C18H18O5/c1-3-23-14-10-16(21)18(17(11-14)22-2)15(20)9-6-12-4-7-13(19)8-5-12/h4-11,19,21H,3H2,1-2H3/b9-6+. The van der Waals surface area contributed by atoms with Crippen molar-refractivity contribution >= 4 is 11.9 Å². The number of allylic oxidation sites excluding steroid dienone is 1. The molecule has 0 spiro atoms. The summed E-state index contributed by atoms with van der Waals surface area (Å²) in [5.41, 5.74) is 0.825. The van der Waals surface area contributed by atoms with Gasteiger partial charge in [0.05, 0.1) is 13.7 Å². The van der Waals surface area contributed by atoms with Crippen molar-refractivity contribution < 1.29 is 24.5 Å². The van der Waals surface area contributed by atoms with Gasteiger partial charge in [0.1, 0.15) is 28.6 Å². The van der Waals surface area contributed by atoms with Crippen molar-refractivity contribution in [2.75, 3.05) is 13.7 Å². The summed E-state index contributed by atoms with van der Waals surface area (Å²) in [4.78, 5) is 12.3. The van der Waals surface area contributed by atoms with E-state index in [1.807, 2.05) is 6.92 Å². The van der Waals surface area contributed by atoms with Crippen molar-refractivity contribution in [1.82, 2.24) is 0 Å². The highest BCUT2D eigenvalue weighted by Crippen LogP contribution is 2.34. The van der Waals surface area contributed by atoms with E-state index < -0.39 is 5.78 Å². The number of ether oxygens (including phenoxy) is 2. The fraction of sp³-hybridized carbons (Fsp3) is 0.167. The Balaban J connectivity index is 2.29. The van der Waals surface area contributed by atoms with Gasteiger partial charge >= 0.3 is 0 Å². The van der Waals surface area contributed by atoms with E-state index in [4.69, 9.17) is 9.47 Å². The number of phenols is 2. The Bertz CT molecular complexity index is 717. The summed E-state index contributed by atoms with van der Waals surface area (Å²) < 4.78 is 10.5. The number of hydrogen-bond acceptors (Lipinski definition) is 5. The molecule has 2 aromatic rings. The quantitative estimate of drug-likeness (QED) is 0.631. The Hall–Kier alpha value is -2.95. The molecule has 0 aromatic heterocycles. The third-order valence-corrected chi connectivity index (χ3v) is 3.15. The molecule has 0 bridgehead atoms. The lowest BCUT2D eigenvalue weighted by molar-refractivity contribution is 0.104. The minimum Gasteiger partial charge on any atom is -0.508 e. The number of carbonyl (C=O) groups is 1. The SMILES string of the molecule is CCOc1cc(O)c(C(=O)/C=C/c2ccc(O)cc2)c(OC)c1. The molecule has 120 valence electrons. The van der Waals surface area contributed by atoms with Crippen molar-refractivity contribution in [2.45, 2.75) is 6.92 Å². The molecule has 0 aliphatic rings. The highest BCUT2D eigenvalue weighted by atomic mass is 16.5. The lowest BCUT2D eigenvalue weighted by Gasteiger charge is -2.11. The highest BCUT2D eigenvalue weighted by Gasteiger charge is 2.17. The van der Waals surface area contributed by atoms with Crippen LogP contribution in [-0.4, -0.2) is 29.7 Å². The second kappa shape index (κ2) is 7.35. The van der Waals surface area contributed by atoms with Gasteiger partial charge in [-0.25, -0.2) is 0 Å². The molecule has 0 radical (unpaired) electrons. The minimum absolute atomic E-state index is 0.0750. The van der Waals surface area contributed by atoms with Gasteiger partial charge in [-0.15, -0.1) is 0 Å².